The summed E-state index contributed by atoms with van der Waals surface area (Å²) in [7, 11) is 0. The molecule has 4 heterocycles. The first kappa shape index (κ1) is 24.1. The molecule has 4 aromatic rings. The minimum atomic E-state index is -0.337. The number of rotatable bonds is 6. The molecule has 0 saturated carbocycles. The summed E-state index contributed by atoms with van der Waals surface area (Å²) in [6.45, 7) is 3.00. The zero-order valence-electron chi connectivity index (χ0n) is 20.1. The summed E-state index contributed by atoms with van der Waals surface area (Å²) in [5.74, 6) is 0.665. The zero-order valence-corrected chi connectivity index (χ0v) is 20.1. The van der Waals surface area contributed by atoms with E-state index in [0.29, 0.717) is 65.7 Å². The van der Waals surface area contributed by atoms with Crippen molar-refractivity contribution in [2.75, 3.05) is 23.3 Å². The molecule has 9 nitrogen and oxygen atoms in total. The smallest absolute Gasteiger partial charge is 0.260 e. The molecule has 5 rings (SSSR count). The number of pyridine rings is 2. The first-order valence-corrected chi connectivity index (χ1v) is 11.9. The van der Waals surface area contributed by atoms with Gasteiger partial charge in [-0.3, -0.25) is 14.6 Å². The van der Waals surface area contributed by atoms with E-state index in [0.717, 1.165) is 0 Å². The van der Waals surface area contributed by atoms with Crippen molar-refractivity contribution in [2.45, 2.75) is 25.8 Å². The first-order chi connectivity index (χ1) is 18.0. The number of amides is 2. The fourth-order valence-electron chi connectivity index (χ4n) is 4.29. The highest BCUT2D eigenvalue weighted by Gasteiger charge is 2.25. The molecule has 1 saturated heterocycles. The van der Waals surface area contributed by atoms with E-state index in [4.69, 9.17) is 4.52 Å². The number of benzene rings is 1. The Morgan fingerprint density at radius 2 is 1.86 bits per heavy atom. The fraction of sp³-hybridized carbons (Fsp3) is 0.222. The molecule has 188 valence electrons. The van der Waals surface area contributed by atoms with E-state index in [1.165, 1.54) is 18.3 Å². The quantitative estimate of drug-likeness (QED) is 0.407. The van der Waals surface area contributed by atoms with Crippen molar-refractivity contribution < 1.29 is 18.5 Å². The van der Waals surface area contributed by atoms with Crippen molar-refractivity contribution in [3.05, 3.63) is 89.7 Å². The lowest BCUT2D eigenvalue weighted by Crippen LogP contribution is -2.45. The zero-order chi connectivity index (χ0) is 25.8. The lowest BCUT2D eigenvalue weighted by molar-refractivity contribution is 0.0930. The van der Waals surface area contributed by atoms with Gasteiger partial charge >= 0.3 is 0 Å². The molecule has 37 heavy (non-hydrogen) atoms. The number of anilines is 2. The number of nitrogens with one attached hydrogen (secondary N) is 2. The third-order valence-corrected chi connectivity index (χ3v) is 6.18. The van der Waals surface area contributed by atoms with Gasteiger partial charge in [-0.25, -0.2) is 9.37 Å². The van der Waals surface area contributed by atoms with E-state index in [1.54, 1.807) is 55.6 Å². The molecule has 0 bridgehead atoms. The average Bonchev–Trinajstić information content (AvgIpc) is 3.33. The van der Waals surface area contributed by atoms with Crippen LogP contribution in [0.4, 0.5) is 16.0 Å². The second-order valence-electron chi connectivity index (χ2n) is 8.83. The molecule has 10 heteroatoms. The summed E-state index contributed by atoms with van der Waals surface area (Å²) in [6, 6.07) is 14.6. The van der Waals surface area contributed by atoms with Gasteiger partial charge in [0.15, 0.2) is 5.82 Å². The number of aromatic nitrogens is 3. The van der Waals surface area contributed by atoms with Crippen LogP contribution < -0.4 is 15.5 Å². The van der Waals surface area contributed by atoms with E-state index < -0.39 is 0 Å². The van der Waals surface area contributed by atoms with Crippen LogP contribution in [0.15, 0.2) is 71.5 Å². The summed E-state index contributed by atoms with van der Waals surface area (Å²) in [5.41, 5.74) is 2.13. The van der Waals surface area contributed by atoms with Gasteiger partial charge in [0.05, 0.1) is 16.8 Å². The van der Waals surface area contributed by atoms with Crippen molar-refractivity contribution in [3.63, 3.8) is 0 Å². The van der Waals surface area contributed by atoms with Gasteiger partial charge in [0.25, 0.3) is 11.8 Å². The summed E-state index contributed by atoms with van der Waals surface area (Å²) in [4.78, 5) is 36.4. The molecule has 0 atom stereocenters. The summed E-state index contributed by atoms with van der Waals surface area (Å²) >= 11 is 0. The Hall–Kier alpha value is -4.60. The lowest BCUT2D eigenvalue weighted by atomic mass is 10.0. The maximum atomic E-state index is 13.5. The number of carbonyl (C=O) groups is 2. The average molecular weight is 501 g/mol. The maximum Gasteiger partial charge on any atom is 0.260 e. The number of aryl methyl sites for hydroxylation is 1. The third kappa shape index (κ3) is 5.64. The molecule has 1 fully saturated rings. The molecule has 1 aliphatic rings. The van der Waals surface area contributed by atoms with Crippen molar-refractivity contribution in [2.24, 2.45) is 0 Å². The molecule has 2 amide bonds. The van der Waals surface area contributed by atoms with Gasteiger partial charge in [-0.1, -0.05) is 17.3 Å². The molecular weight excluding hydrogens is 475 g/mol. The maximum absolute atomic E-state index is 13.5. The Kier molecular flexibility index (Phi) is 6.89. The van der Waals surface area contributed by atoms with E-state index >= 15 is 0 Å². The number of hydrogen-bond donors (Lipinski definition) is 2. The van der Waals surface area contributed by atoms with Gasteiger partial charge in [-0.15, -0.1) is 0 Å². The SMILES string of the molecule is Cc1cc(NC(=O)c2cccnc2N2CCC(NC(=O)c3ccc(-c4cccc(F)c4)nc3)CC2)no1. The highest BCUT2D eigenvalue weighted by atomic mass is 19.1. The number of carbonyl (C=O) groups excluding carboxylic acids is 2. The Morgan fingerprint density at radius 1 is 1.03 bits per heavy atom. The van der Waals surface area contributed by atoms with Crippen LogP contribution in [0.2, 0.25) is 0 Å². The molecule has 0 unspecified atom stereocenters. The van der Waals surface area contributed by atoms with Crippen LogP contribution in [-0.4, -0.2) is 46.1 Å². The van der Waals surface area contributed by atoms with Crippen molar-refractivity contribution in [1.82, 2.24) is 20.4 Å². The second-order valence-corrected chi connectivity index (χ2v) is 8.83. The molecule has 2 N–H and O–H groups in total. The highest BCUT2D eigenvalue weighted by molar-refractivity contribution is 6.07. The monoisotopic (exact) mass is 500 g/mol. The van der Waals surface area contributed by atoms with Crippen LogP contribution in [0, 0.1) is 12.7 Å². The molecule has 0 aliphatic carbocycles. The van der Waals surface area contributed by atoms with Crippen LogP contribution in [0.25, 0.3) is 11.3 Å². The van der Waals surface area contributed by atoms with E-state index in [2.05, 4.69) is 25.8 Å². The van der Waals surface area contributed by atoms with Crippen LogP contribution >= 0.6 is 0 Å². The number of nitrogens with zero attached hydrogens (tertiary/aromatic N) is 4. The van der Waals surface area contributed by atoms with E-state index in [9.17, 15) is 14.0 Å². The van der Waals surface area contributed by atoms with Crippen LogP contribution in [-0.2, 0) is 0 Å². The van der Waals surface area contributed by atoms with Gasteiger partial charge in [0.1, 0.15) is 17.4 Å². The normalized spacial score (nSPS) is 13.8. The standard InChI is InChI=1S/C27H25FN6O3/c1-17-14-24(33-37-17)32-27(36)22-6-3-11-29-25(22)34-12-9-21(10-13-34)31-26(35)19-7-8-23(30-16-19)18-4-2-5-20(28)15-18/h2-8,11,14-16,21H,9-10,12-13H2,1H3,(H,31,35)(H,32,33,36). The Labute approximate surface area is 212 Å². The van der Waals surface area contributed by atoms with Crippen molar-refractivity contribution >= 4 is 23.5 Å². The predicted molar refractivity (Wildman–Crippen MR) is 136 cm³/mol. The number of piperidine rings is 1. The topological polar surface area (TPSA) is 113 Å². The minimum Gasteiger partial charge on any atom is -0.360 e. The van der Waals surface area contributed by atoms with Gasteiger partial charge < -0.3 is 20.1 Å². The van der Waals surface area contributed by atoms with Crippen molar-refractivity contribution in [3.8, 4) is 11.3 Å². The molecule has 1 aromatic carbocycles. The highest BCUT2D eigenvalue weighted by Crippen LogP contribution is 2.24. The third-order valence-electron chi connectivity index (χ3n) is 6.18. The Bertz CT molecular complexity index is 1410. The van der Waals surface area contributed by atoms with Crippen molar-refractivity contribution in [1.29, 1.82) is 0 Å². The summed E-state index contributed by atoms with van der Waals surface area (Å²) in [6.07, 6.45) is 4.54. The number of hydrogen-bond acceptors (Lipinski definition) is 7. The van der Waals surface area contributed by atoms with E-state index in [-0.39, 0.29) is 23.7 Å². The Morgan fingerprint density at radius 3 is 2.57 bits per heavy atom. The molecule has 0 spiro atoms. The molecular formula is C27H25FN6O3. The lowest BCUT2D eigenvalue weighted by Gasteiger charge is -2.34. The first-order valence-electron chi connectivity index (χ1n) is 11.9. The van der Waals surface area contributed by atoms with Crippen LogP contribution in [0.5, 0.6) is 0 Å². The van der Waals surface area contributed by atoms with Crippen LogP contribution in [0.3, 0.4) is 0 Å². The summed E-state index contributed by atoms with van der Waals surface area (Å²) in [5, 5.41) is 9.61. The molecule has 0 radical (unpaired) electrons. The summed E-state index contributed by atoms with van der Waals surface area (Å²) < 4.78 is 18.5. The van der Waals surface area contributed by atoms with Gasteiger partial charge in [0.2, 0.25) is 0 Å². The molecule has 3 aromatic heterocycles. The second kappa shape index (κ2) is 10.6. The minimum absolute atomic E-state index is 0.0225. The molecule has 1 aliphatic heterocycles. The Balaban J connectivity index is 1.18. The van der Waals surface area contributed by atoms with Crippen LogP contribution in [0.1, 0.15) is 39.3 Å². The van der Waals surface area contributed by atoms with Gasteiger partial charge in [0, 0.05) is 43.2 Å². The largest absolute Gasteiger partial charge is 0.360 e. The van der Waals surface area contributed by atoms with E-state index in [1.807, 2.05) is 4.90 Å². The fourth-order valence-corrected chi connectivity index (χ4v) is 4.29. The number of halogens is 1. The van der Waals surface area contributed by atoms with Gasteiger partial charge in [-0.05, 0) is 56.2 Å². The predicted octanol–water partition coefficient (Wildman–Crippen LogP) is 4.23. The van der Waals surface area contributed by atoms with Gasteiger partial charge in [-0.2, -0.15) is 0 Å².